The van der Waals surface area contributed by atoms with E-state index in [-0.39, 0.29) is 24.7 Å². The minimum Gasteiger partial charge on any atom is -0.477 e. The molecule has 5 rings (SSSR count). The van der Waals surface area contributed by atoms with Crippen LogP contribution < -0.4 is 25.1 Å². The Labute approximate surface area is 169 Å². The number of hydrogen-bond donors (Lipinski definition) is 2. The van der Waals surface area contributed by atoms with E-state index in [4.69, 9.17) is 14.2 Å². The molecule has 4 heterocycles. The van der Waals surface area contributed by atoms with Gasteiger partial charge in [-0.25, -0.2) is 10.4 Å². The number of fused-ring (bicyclic) bond motifs is 2. The number of amides is 1. The molecule has 0 saturated carbocycles. The van der Waals surface area contributed by atoms with E-state index in [1.807, 2.05) is 24.0 Å². The van der Waals surface area contributed by atoms with Crippen molar-refractivity contribution in [3.63, 3.8) is 0 Å². The molecule has 3 unspecified atom stereocenters. The Morgan fingerprint density at radius 2 is 2.17 bits per heavy atom. The first kappa shape index (κ1) is 18.2. The second kappa shape index (κ2) is 7.53. The molecule has 152 valence electrons. The number of carbonyl (C=O) groups excluding carboxylic acids is 1. The summed E-state index contributed by atoms with van der Waals surface area (Å²) in [6.45, 7) is 3.98. The Bertz CT molecular complexity index is 921. The van der Waals surface area contributed by atoms with Gasteiger partial charge in [-0.1, -0.05) is 6.07 Å². The van der Waals surface area contributed by atoms with Crippen LogP contribution in [0.15, 0.2) is 36.5 Å². The van der Waals surface area contributed by atoms with Crippen LogP contribution in [0.2, 0.25) is 0 Å². The molecule has 2 saturated heterocycles. The number of aromatic nitrogens is 1. The third kappa shape index (κ3) is 3.28. The molecule has 1 aromatic carbocycles. The summed E-state index contributed by atoms with van der Waals surface area (Å²) in [5.41, 5.74) is 8.47. The highest BCUT2D eigenvalue weighted by Crippen LogP contribution is 2.39. The molecule has 0 aliphatic carbocycles. The van der Waals surface area contributed by atoms with E-state index >= 15 is 0 Å². The van der Waals surface area contributed by atoms with Gasteiger partial charge in [0.15, 0.2) is 11.5 Å². The first-order valence-electron chi connectivity index (χ1n) is 10.0. The van der Waals surface area contributed by atoms with Crippen LogP contribution in [-0.4, -0.2) is 48.3 Å². The number of piperidine rings is 1. The fraction of sp³-hybridized carbons (Fsp3) is 0.429. The summed E-state index contributed by atoms with van der Waals surface area (Å²) in [5, 5.41) is 0. The highest BCUT2D eigenvalue weighted by molar-refractivity contribution is 5.96. The van der Waals surface area contributed by atoms with Gasteiger partial charge in [0.1, 0.15) is 5.56 Å². The van der Waals surface area contributed by atoms with Crippen LogP contribution in [0, 0.1) is 5.92 Å². The summed E-state index contributed by atoms with van der Waals surface area (Å²) >= 11 is 0. The van der Waals surface area contributed by atoms with Gasteiger partial charge in [0, 0.05) is 31.2 Å². The van der Waals surface area contributed by atoms with Gasteiger partial charge in [-0.3, -0.25) is 10.2 Å². The molecule has 0 spiro atoms. The Kier molecular flexibility index (Phi) is 4.73. The molecule has 3 aliphatic heterocycles. The van der Waals surface area contributed by atoms with Crippen LogP contribution in [0.25, 0.3) is 0 Å². The van der Waals surface area contributed by atoms with Crippen molar-refractivity contribution in [2.45, 2.75) is 25.4 Å². The Hall–Kier alpha value is -2.84. The van der Waals surface area contributed by atoms with Crippen LogP contribution in [0.1, 0.15) is 35.3 Å². The number of nitrogens with zero attached hydrogens (tertiary/aromatic N) is 2. The van der Waals surface area contributed by atoms with Crippen molar-refractivity contribution < 1.29 is 19.0 Å². The monoisotopic (exact) mass is 396 g/mol. The van der Waals surface area contributed by atoms with E-state index in [1.54, 1.807) is 18.3 Å². The lowest BCUT2D eigenvalue weighted by molar-refractivity contribution is 0.0647. The van der Waals surface area contributed by atoms with Crippen molar-refractivity contribution in [2.75, 3.05) is 26.5 Å². The topological polar surface area (TPSA) is 85.0 Å². The van der Waals surface area contributed by atoms with Crippen LogP contribution in [-0.2, 0) is 0 Å². The molecular formula is C21H24N4O4. The second-order valence-corrected chi connectivity index (χ2v) is 7.48. The lowest BCUT2D eigenvalue weighted by Gasteiger charge is -2.36. The molecule has 1 amide bonds. The first-order valence-corrected chi connectivity index (χ1v) is 10.0. The molecule has 2 fully saturated rings. The van der Waals surface area contributed by atoms with Gasteiger partial charge in [0.05, 0.1) is 12.6 Å². The van der Waals surface area contributed by atoms with Crippen molar-refractivity contribution in [1.29, 1.82) is 0 Å². The Morgan fingerprint density at radius 3 is 3.07 bits per heavy atom. The lowest BCUT2D eigenvalue weighted by atomic mass is 9.85. The van der Waals surface area contributed by atoms with Gasteiger partial charge in [0.25, 0.3) is 5.91 Å². The molecular weight excluding hydrogens is 372 g/mol. The van der Waals surface area contributed by atoms with Crippen LogP contribution in [0.4, 0.5) is 0 Å². The molecule has 3 atom stereocenters. The smallest absolute Gasteiger partial charge is 0.259 e. The van der Waals surface area contributed by atoms with Gasteiger partial charge in [0.2, 0.25) is 12.7 Å². The summed E-state index contributed by atoms with van der Waals surface area (Å²) in [4.78, 5) is 19.3. The van der Waals surface area contributed by atoms with Crippen molar-refractivity contribution in [3.8, 4) is 17.4 Å². The molecule has 2 N–H and O–H groups in total. The zero-order valence-corrected chi connectivity index (χ0v) is 16.3. The number of rotatable bonds is 4. The number of hydrogen-bond acceptors (Lipinski definition) is 7. The number of nitrogens with one attached hydrogen (secondary N) is 2. The number of benzene rings is 1. The summed E-state index contributed by atoms with van der Waals surface area (Å²) in [5.74, 6) is 2.17. The van der Waals surface area contributed by atoms with E-state index < -0.39 is 0 Å². The summed E-state index contributed by atoms with van der Waals surface area (Å²) in [6.07, 6.45) is 2.53. The van der Waals surface area contributed by atoms with Crippen LogP contribution >= 0.6 is 0 Å². The largest absolute Gasteiger partial charge is 0.477 e. The van der Waals surface area contributed by atoms with Crippen molar-refractivity contribution >= 4 is 5.91 Å². The standard InChI is InChI=1S/C21H24N4O4/c1-2-27-20-14(4-3-8-22-20)21(26)25-9-7-16-15(11-25)19(24-23-16)13-5-6-17-18(10-13)29-12-28-17/h3-6,8,10,15-16,19,23-24H,2,7,9,11-12H2,1H3. The zero-order valence-electron chi connectivity index (χ0n) is 16.3. The highest BCUT2D eigenvalue weighted by Gasteiger charge is 2.42. The third-order valence-corrected chi connectivity index (χ3v) is 5.84. The third-order valence-electron chi connectivity index (χ3n) is 5.84. The molecule has 8 heteroatoms. The molecule has 29 heavy (non-hydrogen) atoms. The number of carbonyl (C=O) groups is 1. The van der Waals surface area contributed by atoms with Gasteiger partial charge in [-0.05, 0) is 43.2 Å². The average molecular weight is 396 g/mol. The Balaban J connectivity index is 1.36. The zero-order chi connectivity index (χ0) is 19.8. The van der Waals surface area contributed by atoms with Gasteiger partial charge < -0.3 is 19.1 Å². The minimum atomic E-state index is -0.0312. The van der Waals surface area contributed by atoms with Crippen LogP contribution in [0.3, 0.4) is 0 Å². The maximum Gasteiger partial charge on any atom is 0.259 e. The fourth-order valence-electron chi connectivity index (χ4n) is 4.40. The summed E-state index contributed by atoms with van der Waals surface area (Å²) in [6, 6.07) is 10.00. The fourth-order valence-corrected chi connectivity index (χ4v) is 4.40. The predicted octanol–water partition coefficient (Wildman–Crippen LogP) is 1.89. The van der Waals surface area contributed by atoms with E-state index in [2.05, 4.69) is 21.9 Å². The van der Waals surface area contributed by atoms with Gasteiger partial charge >= 0.3 is 0 Å². The SMILES string of the molecule is CCOc1ncccc1C(=O)N1CCC2NNC(c3ccc4c(c3)OCO4)C2C1. The summed E-state index contributed by atoms with van der Waals surface area (Å²) < 4.78 is 16.5. The molecule has 2 aromatic rings. The quantitative estimate of drug-likeness (QED) is 0.816. The lowest BCUT2D eigenvalue weighted by Crippen LogP contribution is -2.47. The highest BCUT2D eigenvalue weighted by atomic mass is 16.7. The van der Waals surface area contributed by atoms with E-state index in [0.717, 1.165) is 23.5 Å². The first-order chi connectivity index (χ1) is 14.2. The van der Waals surface area contributed by atoms with Crippen LogP contribution in [0.5, 0.6) is 17.4 Å². The number of hydrazine groups is 1. The molecule has 0 radical (unpaired) electrons. The van der Waals surface area contributed by atoms with Gasteiger partial charge in [-0.15, -0.1) is 0 Å². The Morgan fingerprint density at radius 1 is 1.28 bits per heavy atom. The minimum absolute atomic E-state index is 0.0312. The van der Waals surface area contributed by atoms with Crippen molar-refractivity contribution in [2.24, 2.45) is 5.92 Å². The van der Waals surface area contributed by atoms with E-state index in [0.29, 0.717) is 37.2 Å². The van der Waals surface area contributed by atoms with Gasteiger partial charge in [-0.2, -0.15) is 0 Å². The summed E-state index contributed by atoms with van der Waals surface area (Å²) in [7, 11) is 0. The average Bonchev–Trinajstić information content (AvgIpc) is 3.39. The maximum atomic E-state index is 13.2. The van der Waals surface area contributed by atoms with E-state index in [9.17, 15) is 4.79 Å². The van der Waals surface area contributed by atoms with Crippen molar-refractivity contribution in [1.82, 2.24) is 20.7 Å². The number of likely N-dealkylation sites (tertiary alicyclic amines) is 1. The van der Waals surface area contributed by atoms with Crippen molar-refractivity contribution in [3.05, 3.63) is 47.7 Å². The molecule has 3 aliphatic rings. The normalized spacial score (nSPS) is 25.0. The molecule has 8 nitrogen and oxygen atoms in total. The van der Waals surface area contributed by atoms with E-state index in [1.165, 1.54) is 0 Å². The molecule has 0 bridgehead atoms. The number of pyridine rings is 1. The number of ether oxygens (including phenoxy) is 3. The maximum absolute atomic E-state index is 13.2. The molecule has 1 aromatic heterocycles. The predicted molar refractivity (Wildman–Crippen MR) is 105 cm³/mol. The second-order valence-electron chi connectivity index (χ2n) is 7.48.